The predicted molar refractivity (Wildman–Crippen MR) is 324 cm³/mol. The third-order valence-electron chi connectivity index (χ3n) is 14.1. The third kappa shape index (κ3) is 15.5. The van der Waals surface area contributed by atoms with Crippen molar-refractivity contribution in [3.05, 3.63) is 124 Å². The maximum Gasteiger partial charge on any atom is 0.362 e. The van der Waals surface area contributed by atoms with E-state index in [-0.39, 0.29) is 36.7 Å². The standard InChI is InChI=1S/C53H58N6O13S3.C4H10.C3H8/c1-30-18-45(69-3)47(25-38(30)55-50(62)43-22-34-11-5-7-13-40(34)57(43)29-60)71-27-32-19-33(21-36(20-32)54-49(61)15-9-10-31(2)74-73-17-16-42-53(65)59(42)75(66,67)68)28-72-48-26-39-37(24-46(48)70-4)52(64)58-41-14-8-6-12-35(41)23-44(58)51(63)56-39;1-3-4-2;1-3-2/h5-8,11-14,18-21,24-26,29,31,42-44,50-51,55-56,62-63H,9-10,15-17,22-23,27-28H2,1-4H3,(H,54,61)(H,66,67,68);3-4H2,1-2H3;3H2,1-2H3/t31?,42?,43?,44?,50-,51?,59?;;/m1../s1. The van der Waals surface area contributed by atoms with Gasteiger partial charge in [-0.15, -0.1) is 0 Å². The first-order valence-electron chi connectivity index (χ1n) is 27.7. The quantitative estimate of drug-likeness (QED) is 0.00840. The highest BCUT2D eigenvalue weighted by Crippen LogP contribution is 2.43. The van der Waals surface area contributed by atoms with Crippen LogP contribution >= 0.6 is 21.6 Å². The van der Waals surface area contributed by atoms with Crippen LogP contribution in [0.15, 0.2) is 91.0 Å². The molecule has 82 heavy (non-hydrogen) atoms. The summed E-state index contributed by atoms with van der Waals surface area (Å²) in [6.07, 6.45) is 5.14. The number of anilines is 5. The Morgan fingerprint density at radius 3 is 2.07 bits per heavy atom. The molecule has 22 heteroatoms. The molecule has 1 fully saturated rings. The van der Waals surface area contributed by atoms with Crippen LogP contribution in [0.4, 0.5) is 28.4 Å². The Kier molecular flexibility index (Phi) is 22.3. The summed E-state index contributed by atoms with van der Waals surface area (Å²) in [4.78, 5) is 54.7. The number of nitrogens with one attached hydrogen (secondary N) is 3. The Labute approximate surface area is 489 Å². The Morgan fingerprint density at radius 2 is 1.46 bits per heavy atom. The maximum absolute atomic E-state index is 14.1. The summed E-state index contributed by atoms with van der Waals surface area (Å²) in [5, 5.41) is 32.3. The molecule has 442 valence electrons. The summed E-state index contributed by atoms with van der Waals surface area (Å²) in [5.74, 6) is 0.780. The molecule has 0 radical (unpaired) electrons. The average molecular weight is 1190 g/mol. The van der Waals surface area contributed by atoms with Gasteiger partial charge in [-0.25, -0.2) is 4.31 Å². The van der Waals surface area contributed by atoms with E-state index in [1.165, 1.54) is 49.2 Å². The van der Waals surface area contributed by atoms with Crippen LogP contribution in [0.5, 0.6) is 23.0 Å². The van der Waals surface area contributed by atoms with Crippen molar-refractivity contribution in [2.24, 2.45) is 0 Å². The molecular formula is C60H76N6O13S3. The maximum atomic E-state index is 14.1. The van der Waals surface area contributed by atoms with Gasteiger partial charge in [0.25, 0.3) is 11.8 Å². The zero-order chi connectivity index (χ0) is 59.3. The molecule has 0 aromatic heterocycles. The van der Waals surface area contributed by atoms with Crippen molar-refractivity contribution in [3.8, 4) is 23.0 Å². The minimum atomic E-state index is -4.53. The molecular weight excluding hydrogens is 1110 g/mol. The highest BCUT2D eigenvalue weighted by molar-refractivity contribution is 8.76. The number of unbranched alkanes of at least 4 members (excludes halogenated alkanes) is 1. The molecule has 6 atom stereocenters. The van der Waals surface area contributed by atoms with Gasteiger partial charge in [0, 0.05) is 52.3 Å². The number of methoxy groups -OCH3 is 2. The minimum absolute atomic E-state index is 0.0109. The second-order valence-corrected chi connectivity index (χ2v) is 24.7. The Balaban J connectivity index is 0.00000131. The van der Waals surface area contributed by atoms with E-state index in [4.69, 9.17) is 23.5 Å². The lowest BCUT2D eigenvalue weighted by Crippen LogP contribution is -2.45. The molecule has 5 unspecified atom stereocenters. The molecule has 9 rings (SSSR count). The fraction of sp³-hybridized carbons (Fsp3) is 0.433. The number of rotatable bonds is 24. The van der Waals surface area contributed by atoms with Gasteiger partial charge in [-0.2, -0.15) is 8.42 Å². The number of ether oxygens (including phenoxy) is 4. The lowest BCUT2D eigenvalue weighted by Gasteiger charge is -2.28. The molecule has 0 saturated carbocycles. The fourth-order valence-electron chi connectivity index (χ4n) is 9.80. The molecule has 5 aromatic carbocycles. The van der Waals surface area contributed by atoms with Crippen LogP contribution in [0.2, 0.25) is 0 Å². The number of aliphatic hydroxyl groups is 2. The summed E-state index contributed by atoms with van der Waals surface area (Å²) in [6.45, 7) is 12.5. The summed E-state index contributed by atoms with van der Waals surface area (Å²) < 4.78 is 56.5. The summed E-state index contributed by atoms with van der Waals surface area (Å²) >= 11 is 0. The van der Waals surface area contributed by atoms with E-state index in [1.54, 1.807) is 52.1 Å². The van der Waals surface area contributed by atoms with Gasteiger partial charge in [0.05, 0.1) is 37.6 Å². The van der Waals surface area contributed by atoms with Gasteiger partial charge in [0.1, 0.15) is 31.7 Å². The van der Waals surface area contributed by atoms with Gasteiger partial charge in [0.2, 0.25) is 12.3 Å². The number of carbonyl (C=O) groups excluding carboxylic acids is 4. The van der Waals surface area contributed by atoms with Gasteiger partial charge in [-0.1, -0.05) is 112 Å². The number of hydrogen-bond acceptors (Lipinski definition) is 16. The Bertz CT molecular complexity index is 3170. The second-order valence-electron chi connectivity index (χ2n) is 20.4. The normalized spacial score (nSPS) is 18.1. The SMILES string of the molecule is CCC.CCCC.COc1cc(C)c(N[C@H](O)C2Cc3ccccc3N2C=O)cc1OCc1cc(COc2cc3c(cc2OC)C(=O)N2c4ccccc4CC2C(O)N3)cc(NC(=O)CCCC(C)SSCCC2C(=O)N2S(=O)(=O)O)c1. The van der Waals surface area contributed by atoms with Crippen LogP contribution in [0.3, 0.4) is 0 Å². The van der Waals surface area contributed by atoms with E-state index in [0.717, 1.165) is 34.5 Å². The number of aliphatic hydroxyl groups excluding tert-OH is 2. The lowest BCUT2D eigenvalue weighted by atomic mass is 10.1. The summed E-state index contributed by atoms with van der Waals surface area (Å²) in [5.41, 5.74) is 7.20. The molecule has 0 aliphatic carbocycles. The van der Waals surface area contributed by atoms with Crippen LogP contribution in [0, 0.1) is 6.92 Å². The molecule has 6 N–H and O–H groups in total. The third-order valence-corrected chi connectivity index (χ3v) is 18.0. The van der Waals surface area contributed by atoms with Crippen LogP contribution in [-0.2, 0) is 50.7 Å². The largest absolute Gasteiger partial charge is 0.493 e. The molecule has 0 bridgehead atoms. The predicted octanol–water partition coefficient (Wildman–Crippen LogP) is 10.3. The van der Waals surface area contributed by atoms with Gasteiger partial charge in [-0.3, -0.25) is 23.7 Å². The van der Waals surface area contributed by atoms with Crippen molar-refractivity contribution in [1.29, 1.82) is 0 Å². The summed E-state index contributed by atoms with van der Waals surface area (Å²) in [6, 6.07) is 25.4. The van der Waals surface area contributed by atoms with Crippen molar-refractivity contribution in [3.63, 3.8) is 0 Å². The van der Waals surface area contributed by atoms with Crippen molar-refractivity contribution in [2.75, 3.05) is 45.7 Å². The molecule has 19 nitrogen and oxygen atoms in total. The average Bonchev–Trinajstić information content (AvgIpc) is 3.11. The molecule has 4 aliphatic heterocycles. The molecule has 4 heterocycles. The molecule has 4 amide bonds. The first-order chi connectivity index (χ1) is 39.4. The zero-order valence-electron chi connectivity index (χ0n) is 47.7. The van der Waals surface area contributed by atoms with Crippen molar-refractivity contribution >= 4 is 84.5 Å². The van der Waals surface area contributed by atoms with Gasteiger partial charge in [-0.05, 0) is 109 Å². The Morgan fingerprint density at radius 1 is 0.854 bits per heavy atom. The van der Waals surface area contributed by atoms with Gasteiger partial charge < -0.3 is 54.9 Å². The van der Waals surface area contributed by atoms with Gasteiger partial charge in [0.15, 0.2) is 23.0 Å². The second kappa shape index (κ2) is 29.0. The van der Waals surface area contributed by atoms with E-state index >= 15 is 0 Å². The Hall–Kier alpha value is -6.69. The van der Waals surface area contributed by atoms with Crippen LogP contribution in [-0.4, -0.2) is 107 Å². The van der Waals surface area contributed by atoms with E-state index in [0.29, 0.717) is 98.9 Å². The number of hydrogen-bond donors (Lipinski definition) is 6. The van der Waals surface area contributed by atoms with Crippen molar-refractivity contribution < 1.29 is 61.3 Å². The number of nitrogens with zero attached hydrogens (tertiary/aromatic N) is 3. The van der Waals surface area contributed by atoms with Crippen molar-refractivity contribution in [1.82, 2.24) is 4.31 Å². The highest BCUT2D eigenvalue weighted by atomic mass is 33.1. The number of para-hydroxylation sites is 2. The molecule has 0 spiro atoms. The van der Waals surface area contributed by atoms with Gasteiger partial charge >= 0.3 is 10.3 Å². The number of aryl methyl sites for hydroxylation is 1. The minimum Gasteiger partial charge on any atom is -0.493 e. The van der Waals surface area contributed by atoms with Crippen LogP contribution < -0.4 is 44.7 Å². The van der Waals surface area contributed by atoms with E-state index in [2.05, 4.69) is 43.6 Å². The molecule has 4 aliphatic rings. The number of benzene rings is 5. The van der Waals surface area contributed by atoms with Crippen molar-refractivity contribution in [2.45, 2.75) is 148 Å². The van der Waals surface area contributed by atoms with Crippen LogP contribution in [0.1, 0.15) is 118 Å². The number of amides is 4. The first-order valence-corrected chi connectivity index (χ1v) is 31.5. The smallest absolute Gasteiger partial charge is 0.362 e. The lowest BCUT2D eigenvalue weighted by molar-refractivity contribution is -0.116. The zero-order valence-corrected chi connectivity index (χ0v) is 50.1. The topological polar surface area (TPSA) is 246 Å². The molecule has 5 aromatic rings. The fourth-order valence-corrected chi connectivity index (χ4v) is 13.1. The van der Waals surface area contributed by atoms with E-state index in [9.17, 15) is 37.8 Å². The monoisotopic (exact) mass is 1180 g/mol. The van der Waals surface area contributed by atoms with Crippen LogP contribution in [0.25, 0.3) is 0 Å². The molecule has 1 saturated heterocycles. The van der Waals surface area contributed by atoms with E-state index in [1.807, 2.05) is 68.4 Å². The van der Waals surface area contributed by atoms with E-state index < -0.39 is 46.8 Å². The highest BCUT2D eigenvalue weighted by Gasteiger charge is 2.53. The first kappa shape index (κ1) is 62.9. The number of carbonyl (C=O) groups is 4. The summed E-state index contributed by atoms with van der Waals surface area (Å²) in [7, 11) is 1.55. The number of fused-ring (bicyclic) bond motifs is 5.